The maximum Gasteiger partial charge on any atom is 0.254 e. The molecule has 1 amide bonds. The normalized spacial score (nSPS) is 14.6. The fourth-order valence-electron chi connectivity index (χ4n) is 1.67. The van der Waals surface area contributed by atoms with Crippen molar-refractivity contribution >= 4 is 5.91 Å². The maximum absolute atomic E-state index is 13.5. The molecule has 1 aromatic carbocycles. The monoisotopic (exact) mass is 251 g/mol. The van der Waals surface area contributed by atoms with E-state index in [9.17, 15) is 9.18 Å². The van der Waals surface area contributed by atoms with Gasteiger partial charge in [0.25, 0.3) is 5.91 Å². The fraction of sp³-hybridized carbons (Fsp3) is 0.500. The number of halogens is 1. The Bertz CT molecular complexity index is 430. The molecule has 2 rings (SSSR count). The van der Waals surface area contributed by atoms with Crippen molar-refractivity contribution in [2.24, 2.45) is 5.92 Å². The highest BCUT2D eigenvalue weighted by Crippen LogP contribution is 2.28. The molecule has 18 heavy (non-hydrogen) atoms. The molecule has 98 valence electrons. The van der Waals surface area contributed by atoms with Crippen LogP contribution in [0.15, 0.2) is 18.2 Å². The Labute approximate surface area is 106 Å². The van der Waals surface area contributed by atoms with Crippen LogP contribution in [-0.2, 0) is 4.74 Å². The molecular weight excluding hydrogens is 233 g/mol. The summed E-state index contributed by atoms with van der Waals surface area (Å²) in [5.74, 6) is -0.149. The summed E-state index contributed by atoms with van der Waals surface area (Å²) in [4.78, 5) is 11.7. The molecule has 1 fully saturated rings. The lowest BCUT2D eigenvalue weighted by Gasteiger charge is -2.07. The minimum absolute atomic E-state index is 0.0859. The molecule has 0 aliphatic heterocycles. The van der Waals surface area contributed by atoms with Crippen LogP contribution in [0.25, 0.3) is 0 Å². The molecule has 0 heterocycles. The first-order valence-corrected chi connectivity index (χ1v) is 6.29. The predicted octanol–water partition coefficient (Wildman–Crippen LogP) is 2.29. The van der Waals surface area contributed by atoms with Gasteiger partial charge in [0.15, 0.2) is 0 Å². The standard InChI is InChI=1S/C14H18FNO2/c1-10-2-5-12(13(15)8-10)14(17)16-6-7-18-9-11-3-4-11/h2,5,8,11H,3-4,6-7,9H2,1H3,(H,16,17). The van der Waals surface area contributed by atoms with Crippen molar-refractivity contribution in [2.45, 2.75) is 19.8 Å². The molecule has 0 saturated heterocycles. The van der Waals surface area contributed by atoms with Crippen molar-refractivity contribution in [1.82, 2.24) is 5.32 Å². The van der Waals surface area contributed by atoms with Gasteiger partial charge >= 0.3 is 0 Å². The zero-order valence-corrected chi connectivity index (χ0v) is 10.5. The summed E-state index contributed by atoms with van der Waals surface area (Å²) in [5.41, 5.74) is 0.889. The zero-order chi connectivity index (χ0) is 13.0. The fourth-order valence-corrected chi connectivity index (χ4v) is 1.67. The van der Waals surface area contributed by atoms with Gasteiger partial charge in [0.05, 0.1) is 12.2 Å². The maximum atomic E-state index is 13.5. The number of ether oxygens (including phenoxy) is 1. The number of amides is 1. The molecular formula is C14H18FNO2. The molecule has 1 aliphatic carbocycles. The van der Waals surface area contributed by atoms with Crippen LogP contribution in [0.2, 0.25) is 0 Å². The van der Waals surface area contributed by atoms with Gasteiger partial charge in [0.2, 0.25) is 0 Å². The van der Waals surface area contributed by atoms with E-state index >= 15 is 0 Å². The molecule has 1 saturated carbocycles. The Morgan fingerprint density at radius 2 is 2.28 bits per heavy atom. The summed E-state index contributed by atoms with van der Waals surface area (Å²) in [6.45, 7) is 3.46. The average Bonchev–Trinajstić information content (AvgIpc) is 3.12. The van der Waals surface area contributed by atoms with Crippen LogP contribution in [0, 0.1) is 18.7 Å². The van der Waals surface area contributed by atoms with Crippen molar-refractivity contribution in [1.29, 1.82) is 0 Å². The Kier molecular flexibility index (Phi) is 4.31. The second-order valence-electron chi connectivity index (χ2n) is 4.76. The van der Waals surface area contributed by atoms with Crippen LogP contribution in [0.1, 0.15) is 28.8 Å². The second-order valence-corrected chi connectivity index (χ2v) is 4.76. The largest absolute Gasteiger partial charge is 0.379 e. The summed E-state index contributed by atoms with van der Waals surface area (Å²) < 4.78 is 18.9. The summed E-state index contributed by atoms with van der Waals surface area (Å²) in [6.07, 6.45) is 2.50. The number of carbonyl (C=O) groups excluding carboxylic acids is 1. The summed E-state index contributed by atoms with van der Waals surface area (Å²) in [5, 5.41) is 2.65. The van der Waals surface area contributed by atoms with E-state index in [1.807, 2.05) is 0 Å². The molecule has 0 atom stereocenters. The lowest BCUT2D eigenvalue weighted by Crippen LogP contribution is -2.28. The third-order valence-corrected chi connectivity index (χ3v) is 2.95. The van der Waals surface area contributed by atoms with E-state index < -0.39 is 5.82 Å². The third kappa shape index (κ3) is 3.81. The average molecular weight is 251 g/mol. The van der Waals surface area contributed by atoms with E-state index in [2.05, 4.69) is 5.32 Å². The quantitative estimate of drug-likeness (QED) is 0.788. The number of rotatable bonds is 6. The third-order valence-electron chi connectivity index (χ3n) is 2.95. The van der Waals surface area contributed by atoms with Crippen LogP contribution >= 0.6 is 0 Å². The van der Waals surface area contributed by atoms with Gasteiger partial charge in [-0.3, -0.25) is 4.79 Å². The molecule has 1 N–H and O–H groups in total. The van der Waals surface area contributed by atoms with Crippen molar-refractivity contribution in [3.8, 4) is 0 Å². The Morgan fingerprint density at radius 1 is 1.50 bits per heavy atom. The lowest BCUT2D eigenvalue weighted by molar-refractivity contribution is 0.0903. The van der Waals surface area contributed by atoms with Gasteiger partial charge < -0.3 is 10.1 Å². The van der Waals surface area contributed by atoms with Gasteiger partial charge in [-0.2, -0.15) is 0 Å². The van der Waals surface area contributed by atoms with Crippen molar-refractivity contribution < 1.29 is 13.9 Å². The number of hydrogen-bond donors (Lipinski definition) is 1. The van der Waals surface area contributed by atoms with Gasteiger partial charge in [-0.05, 0) is 43.4 Å². The van der Waals surface area contributed by atoms with E-state index in [0.717, 1.165) is 18.1 Å². The zero-order valence-electron chi connectivity index (χ0n) is 10.5. The first-order chi connectivity index (χ1) is 8.66. The first-order valence-electron chi connectivity index (χ1n) is 6.29. The number of aryl methyl sites for hydroxylation is 1. The van der Waals surface area contributed by atoms with Crippen molar-refractivity contribution in [2.75, 3.05) is 19.8 Å². The molecule has 4 heteroatoms. The Balaban J connectivity index is 1.72. The summed E-state index contributed by atoms with van der Waals surface area (Å²) in [7, 11) is 0. The number of nitrogens with one attached hydrogen (secondary N) is 1. The van der Waals surface area contributed by atoms with E-state index in [1.54, 1.807) is 13.0 Å². The van der Waals surface area contributed by atoms with E-state index in [1.165, 1.54) is 25.0 Å². The SMILES string of the molecule is Cc1ccc(C(=O)NCCOCC2CC2)c(F)c1. The van der Waals surface area contributed by atoms with Gasteiger partial charge in [-0.25, -0.2) is 4.39 Å². The molecule has 1 aliphatic rings. The Morgan fingerprint density at radius 3 is 2.94 bits per heavy atom. The second kappa shape index (κ2) is 5.96. The lowest BCUT2D eigenvalue weighted by atomic mass is 10.1. The highest BCUT2D eigenvalue weighted by molar-refractivity contribution is 5.94. The highest BCUT2D eigenvalue weighted by Gasteiger charge is 2.20. The van der Waals surface area contributed by atoms with Crippen molar-refractivity contribution in [3.63, 3.8) is 0 Å². The van der Waals surface area contributed by atoms with E-state index in [0.29, 0.717) is 13.2 Å². The van der Waals surface area contributed by atoms with Crippen LogP contribution < -0.4 is 5.32 Å². The molecule has 0 bridgehead atoms. The van der Waals surface area contributed by atoms with Gasteiger partial charge in [0, 0.05) is 13.2 Å². The molecule has 1 aromatic rings. The molecule has 3 nitrogen and oxygen atoms in total. The Hall–Kier alpha value is -1.42. The van der Waals surface area contributed by atoms with Crippen molar-refractivity contribution in [3.05, 3.63) is 35.1 Å². The van der Waals surface area contributed by atoms with Crippen LogP contribution in [0.5, 0.6) is 0 Å². The van der Waals surface area contributed by atoms with Crippen LogP contribution in [-0.4, -0.2) is 25.7 Å². The van der Waals surface area contributed by atoms with Gasteiger partial charge in [-0.15, -0.1) is 0 Å². The summed E-state index contributed by atoms with van der Waals surface area (Å²) in [6, 6.07) is 4.59. The number of benzene rings is 1. The topological polar surface area (TPSA) is 38.3 Å². The first kappa shape index (κ1) is 13.0. The van der Waals surface area contributed by atoms with E-state index in [4.69, 9.17) is 4.74 Å². The van der Waals surface area contributed by atoms with Gasteiger partial charge in [0.1, 0.15) is 5.82 Å². The van der Waals surface area contributed by atoms with Crippen LogP contribution in [0.3, 0.4) is 0 Å². The molecule has 0 aromatic heterocycles. The minimum Gasteiger partial charge on any atom is -0.379 e. The molecule has 0 spiro atoms. The molecule has 0 unspecified atom stereocenters. The predicted molar refractivity (Wildman–Crippen MR) is 67.0 cm³/mol. The van der Waals surface area contributed by atoms with Crippen LogP contribution in [0.4, 0.5) is 4.39 Å². The summed E-state index contributed by atoms with van der Waals surface area (Å²) >= 11 is 0. The van der Waals surface area contributed by atoms with Gasteiger partial charge in [-0.1, -0.05) is 6.07 Å². The molecule has 0 radical (unpaired) electrons. The number of hydrogen-bond acceptors (Lipinski definition) is 2. The smallest absolute Gasteiger partial charge is 0.254 e. The number of carbonyl (C=O) groups is 1. The minimum atomic E-state index is -0.480. The van der Waals surface area contributed by atoms with E-state index in [-0.39, 0.29) is 11.5 Å². The highest BCUT2D eigenvalue weighted by atomic mass is 19.1.